The summed E-state index contributed by atoms with van der Waals surface area (Å²) in [6, 6.07) is 11.7. The number of amides is 1. The van der Waals surface area contributed by atoms with Gasteiger partial charge in [-0.15, -0.1) is 0 Å². The second-order valence-corrected chi connectivity index (χ2v) is 8.98. The van der Waals surface area contributed by atoms with Gasteiger partial charge in [-0.2, -0.15) is 0 Å². The number of hydrogen-bond acceptors (Lipinski definition) is 6. The fourth-order valence-electron chi connectivity index (χ4n) is 4.32. The van der Waals surface area contributed by atoms with E-state index in [1.165, 1.54) is 4.90 Å². The molecule has 1 atom stereocenters. The van der Waals surface area contributed by atoms with Crippen LogP contribution in [0.2, 0.25) is 0 Å². The first-order valence-corrected chi connectivity index (χ1v) is 11.7. The average molecular weight is 524 g/mol. The van der Waals surface area contributed by atoms with Crippen LogP contribution in [0.5, 0.6) is 11.5 Å². The van der Waals surface area contributed by atoms with Gasteiger partial charge in [0.2, 0.25) is 0 Å². The summed E-state index contributed by atoms with van der Waals surface area (Å²) in [5, 5.41) is 11.3. The number of benzene rings is 2. The molecule has 3 heterocycles. The van der Waals surface area contributed by atoms with Crippen LogP contribution in [0.25, 0.3) is 5.76 Å². The molecule has 0 bridgehead atoms. The van der Waals surface area contributed by atoms with Gasteiger partial charge in [0, 0.05) is 35.5 Å². The van der Waals surface area contributed by atoms with Crippen molar-refractivity contribution in [2.24, 2.45) is 0 Å². The van der Waals surface area contributed by atoms with Crippen LogP contribution < -0.4 is 9.47 Å². The summed E-state index contributed by atoms with van der Waals surface area (Å²) in [4.78, 5) is 31.9. The minimum atomic E-state index is -0.714. The molecule has 9 heteroatoms. The smallest absolute Gasteiger partial charge is 0.295 e. The van der Waals surface area contributed by atoms with Gasteiger partial charge in [0.05, 0.1) is 17.9 Å². The molecule has 5 rings (SSSR count). The Labute approximate surface area is 204 Å². The molecule has 1 N–H and O–H groups in total. The van der Waals surface area contributed by atoms with Crippen molar-refractivity contribution in [3.63, 3.8) is 0 Å². The summed E-state index contributed by atoms with van der Waals surface area (Å²) < 4.78 is 13.9. The molecule has 3 aromatic rings. The van der Waals surface area contributed by atoms with E-state index in [0.29, 0.717) is 49.8 Å². The minimum absolute atomic E-state index is 0.0578. The highest BCUT2D eigenvalue weighted by Gasteiger charge is 2.45. The van der Waals surface area contributed by atoms with Crippen molar-refractivity contribution >= 4 is 33.4 Å². The fraction of sp³-hybridized carbons (Fsp3) is 0.240. The van der Waals surface area contributed by atoms with Gasteiger partial charge in [0.1, 0.15) is 19.0 Å². The van der Waals surface area contributed by atoms with Crippen molar-refractivity contribution < 1.29 is 24.2 Å². The molecule has 2 aromatic carbocycles. The number of aliphatic hydroxyl groups is 1. The highest BCUT2D eigenvalue weighted by Crippen LogP contribution is 2.41. The molecule has 8 nitrogen and oxygen atoms in total. The highest BCUT2D eigenvalue weighted by molar-refractivity contribution is 9.10. The average Bonchev–Trinajstić information content (AvgIpc) is 3.45. The Kier molecular flexibility index (Phi) is 6.10. The Bertz CT molecular complexity index is 1270. The topological polar surface area (TPSA) is 93.9 Å². The van der Waals surface area contributed by atoms with Gasteiger partial charge in [-0.25, -0.2) is 4.98 Å². The van der Waals surface area contributed by atoms with Crippen molar-refractivity contribution in [1.29, 1.82) is 0 Å². The van der Waals surface area contributed by atoms with Gasteiger partial charge >= 0.3 is 0 Å². The molecule has 1 aromatic heterocycles. The van der Waals surface area contributed by atoms with Crippen LogP contribution in [0.15, 0.2) is 71.2 Å². The zero-order valence-electron chi connectivity index (χ0n) is 18.2. The number of nitrogens with zero attached hydrogens (tertiary/aromatic N) is 3. The third-order valence-corrected chi connectivity index (χ3v) is 6.39. The monoisotopic (exact) mass is 523 g/mol. The number of aromatic nitrogens is 2. The van der Waals surface area contributed by atoms with Gasteiger partial charge in [-0.05, 0) is 42.3 Å². The zero-order chi connectivity index (χ0) is 23.7. The standard InChI is InChI=1S/C25H22BrN3O5/c26-18-4-1-3-16(13-18)22-21(23(30)17-5-6-19-20(14-17)34-12-11-33-19)24(31)25(32)29(22)9-2-8-28-10-7-27-15-28/h1,3-7,10,13-15,22,30H,2,8-9,11-12H2/t22-/m0/s1. The number of fused-ring (bicyclic) bond motifs is 1. The van der Waals surface area contributed by atoms with Crippen LogP contribution in [0.1, 0.15) is 23.6 Å². The van der Waals surface area contributed by atoms with E-state index < -0.39 is 17.7 Å². The summed E-state index contributed by atoms with van der Waals surface area (Å²) in [5.41, 5.74) is 1.18. The number of aliphatic hydroxyl groups excluding tert-OH is 1. The number of likely N-dealkylation sites (tertiary alicyclic amines) is 1. The van der Waals surface area contributed by atoms with Crippen molar-refractivity contribution in [2.45, 2.75) is 19.0 Å². The molecule has 0 spiro atoms. The molecule has 0 aliphatic carbocycles. The lowest BCUT2D eigenvalue weighted by atomic mass is 9.95. The molecule has 174 valence electrons. The van der Waals surface area contributed by atoms with E-state index in [-0.39, 0.29) is 11.3 Å². The molecule has 2 aliphatic heterocycles. The molecule has 0 saturated carbocycles. The van der Waals surface area contributed by atoms with E-state index in [0.717, 1.165) is 10.0 Å². The second-order valence-electron chi connectivity index (χ2n) is 8.06. The number of ketones is 1. The molecular formula is C25H22BrN3O5. The summed E-state index contributed by atoms with van der Waals surface area (Å²) in [6.45, 7) is 1.84. The predicted octanol–water partition coefficient (Wildman–Crippen LogP) is 3.93. The lowest BCUT2D eigenvalue weighted by molar-refractivity contribution is -0.139. The maximum Gasteiger partial charge on any atom is 0.295 e. The second kappa shape index (κ2) is 9.34. The first kappa shape index (κ1) is 22.2. The van der Waals surface area contributed by atoms with Crippen molar-refractivity contribution in [2.75, 3.05) is 19.8 Å². The lowest BCUT2D eigenvalue weighted by Gasteiger charge is -2.25. The molecule has 0 radical (unpaired) electrons. The van der Waals surface area contributed by atoms with Crippen LogP contribution in [-0.4, -0.2) is 51.0 Å². The Balaban J connectivity index is 1.54. The number of rotatable bonds is 6. The van der Waals surface area contributed by atoms with Crippen LogP contribution >= 0.6 is 15.9 Å². The number of halogens is 1. The van der Waals surface area contributed by atoms with E-state index in [1.807, 2.05) is 35.0 Å². The first-order valence-electron chi connectivity index (χ1n) is 10.9. The van der Waals surface area contributed by atoms with Crippen molar-refractivity contribution in [3.8, 4) is 11.5 Å². The summed E-state index contributed by atoms with van der Waals surface area (Å²) in [7, 11) is 0. The van der Waals surface area contributed by atoms with Crippen LogP contribution in [0.3, 0.4) is 0 Å². The van der Waals surface area contributed by atoms with E-state index in [2.05, 4.69) is 20.9 Å². The third kappa shape index (κ3) is 4.19. The summed E-state index contributed by atoms with van der Waals surface area (Å²) >= 11 is 3.47. The van der Waals surface area contributed by atoms with E-state index in [4.69, 9.17) is 9.47 Å². The lowest BCUT2D eigenvalue weighted by Crippen LogP contribution is -2.31. The minimum Gasteiger partial charge on any atom is -0.507 e. The largest absolute Gasteiger partial charge is 0.507 e. The van der Waals surface area contributed by atoms with Gasteiger partial charge in [-0.3, -0.25) is 9.59 Å². The maximum absolute atomic E-state index is 13.2. The number of aryl methyl sites for hydroxylation is 1. The summed E-state index contributed by atoms with van der Waals surface area (Å²) in [5.74, 6) is -0.512. The quantitative estimate of drug-likeness (QED) is 0.299. The van der Waals surface area contributed by atoms with Crippen molar-refractivity contribution in [1.82, 2.24) is 14.5 Å². The number of imidazole rings is 1. The normalized spacial score (nSPS) is 19.0. The Hall–Kier alpha value is -3.59. The number of ether oxygens (including phenoxy) is 2. The molecule has 1 saturated heterocycles. The maximum atomic E-state index is 13.2. The predicted molar refractivity (Wildman–Crippen MR) is 127 cm³/mol. The molecular weight excluding hydrogens is 502 g/mol. The van der Waals surface area contributed by atoms with E-state index >= 15 is 0 Å². The molecule has 0 unspecified atom stereocenters. The molecule has 34 heavy (non-hydrogen) atoms. The Morgan fingerprint density at radius 1 is 1.09 bits per heavy atom. The van der Waals surface area contributed by atoms with Gasteiger partial charge in [0.25, 0.3) is 11.7 Å². The zero-order valence-corrected chi connectivity index (χ0v) is 19.8. The third-order valence-electron chi connectivity index (χ3n) is 5.89. The van der Waals surface area contributed by atoms with Gasteiger partial charge in [0.15, 0.2) is 11.5 Å². The van der Waals surface area contributed by atoms with Crippen LogP contribution in [0, 0.1) is 0 Å². The van der Waals surface area contributed by atoms with Crippen molar-refractivity contribution in [3.05, 3.63) is 82.4 Å². The fourth-order valence-corrected chi connectivity index (χ4v) is 4.74. The van der Waals surface area contributed by atoms with Crippen LogP contribution in [-0.2, 0) is 16.1 Å². The van der Waals surface area contributed by atoms with E-state index in [1.54, 1.807) is 30.7 Å². The SMILES string of the molecule is O=C1C(=O)N(CCCn2ccnc2)[C@@H](c2cccc(Br)c2)C1=C(O)c1ccc2c(c1)OCCO2. The molecule has 1 amide bonds. The van der Waals surface area contributed by atoms with E-state index in [9.17, 15) is 14.7 Å². The number of Topliss-reactive ketones (excluding diaryl/α,β-unsaturated/α-hetero) is 1. The molecule has 1 fully saturated rings. The van der Waals surface area contributed by atoms with Crippen LogP contribution in [0.4, 0.5) is 0 Å². The number of carbonyl (C=O) groups is 2. The first-order chi connectivity index (χ1) is 16.5. The summed E-state index contributed by atoms with van der Waals surface area (Å²) in [6.07, 6.45) is 5.88. The van der Waals surface area contributed by atoms with Gasteiger partial charge < -0.3 is 24.0 Å². The number of carbonyl (C=O) groups excluding carboxylic acids is 2. The Morgan fingerprint density at radius 3 is 2.68 bits per heavy atom. The van der Waals surface area contributed by atoms with Gasteiger partial charge in [-0.1, -0.05) is 28.1 Å². The molecule has 2 aliphatic rings. The number of hydrogen-bond donors (Lipinski definition) is 1. The highest BCUT2D eigenvalue weighted by atomic mass is 79.9. The Morgan fingerprint density at radius 2 is 1.91 bits per heavy atom.